The largest absolute Gasteiger partial charge is 0.344 e. The minimum absolute atomic E-state index is 0.0286. The average molecular weight is 235 g/mol. The number of aromatic nitrogens is 1. The van der Waals surface area contributed by atoms with Gasteiger partial charge in [-0.2, -0.15) is 0 Å². The lowest BCUT2D eigenvalue weighted by molar-refractivity contribution is -0.131. The maximum Gasteiger partial charge on any atom is 0.239 e. The Labute approximate surface area is 103 Å². The van der Waals surface area contributed by atoms with Gasteiger partial charge in [0.05, 0.1) is 6.04 Å². The van der Waals surface area contributed by atoms with Crippen molar-refractivity contribution in [1.82, 2.24) is 9.88 Å². The van der Waals surface area contributed by atoms with Gasteiger partial charge in [0.2, 0.25) is 5.91 Å². The van der Waals surface area contributed by atoms with E-state index in [1.54, 1.807) is 24.3 Å². The standard InChI is InChI=1S/C13H21N3O/c1-3-4-12(14)13(17)16(2)10-7-11-5-8-15-9-6-11/h5-6,8-9,12H,3-4,7,10,14H2,1-2H3/t12-/m1/s1. The Morgan fingerprint density at radius 1 is 1.47 bits per heavy atom. The lowest BCUT2D eigenvalue weighted by Gasteiger charge is -2.21. The number of nitrogens with two attached hydrogens (primary N) is 1. The zero-order chi connectivity index (χ0) is 12.7. The lowest BCUT2D eigenvalue weighted by atomic mass is 10.1. The van der Waals surface area contributed by atoms with Crippen LogP contribution in [0.1, 0.15) is 25.3 Å². The molecule has 1 rings (SSSR count). The number of carbonyl (C=O) groups is 1. The smallest absolute Gasteiger partial charge is 0.239 e. The van der Waals surface area contributed by atoms with Crippen molar-refractivity contribution in [3.05, 3.63) is 30.1 Å². The molecule has 1 amide bonds. The Morgan fingerprint density at radius 2 is 2.12 bits per heavy atom. The summed E-state index contributed by atoms with van der Waals surface area (Å²) >= 11 is 0. The molecule has 1 heterocycles. The third kappa shape index (κ3) is 4.53. The van der Waals surface area contributed by atoms with Crippen LogP contribution in [0.25, 0.3) is 0 Å². The second-order valence-corrected chi connectivity index (χ2v) is 4.26. The van der Waals surface area contributed by atoms with Crippen molar-refractivity contribution < 1.29 is 4.79 Å². The molecule has 0 spiro atoms. The number of rotatable bonds is 6. The summed E-state index contributed by atoms with van der Waals surface area (Å²) in [6.07, 6.45) is 6.05. The summed E-state index contributed by atoms with van der Waals surface area (Å²) in [5.74, 6) is 0.0286. The van der Waals surface area contributed by atoms with E-state index in [0.717, 1.165) is 19.3 Å². The van der Waals surface area contributed by atoms with Gasteiger partial charge in [0.1, 0.15) is 0 Å². The topological polar surface area (TPSA) is 59.2 Å². The van der Waals surface area contributed by atoms with Crippen molar-refractivity contribution in [3.63, 3.8) is 0 Å². The number of likely N-dealkylation sites (N-methyl/N-ethyl adjacent to an activating group) is 1. The molecule has 4 heteroatoms. The van der Waals surface area contributed by atoms with Crippen LogP contribution < -0.4 is 5.73 Å². The van der Waals surface area contributed by atoms with Crippen LogP contribution in [0.3, 0.4) is 0 Å². The van der Waals surface area contributed by atoms with Crippen LogP contribution in [0.15, 0.2) is 24.5 Å². The minimum atomic E-state index is -0.359. The van der Waals surface area contributed by atoms with Gasteiger partial charge in [0.15, 0.2) is 0 Å². The molecule has 1 aromatic rings. The molecule has 1 atom stereocenters. The number of nitrogens with zero attached hydrogens (tertiary/aromatic N) is 2. The van der Waals surface area contributed by atoms with Gasteiger partial charge in [-0.15, -0.1) is 0 Å². The molecule has 17 heavy (non-hydrogen) atoms. The molecule has 1 aromatic heterocycles. The normalized spacial score (nSPS) is 12.2. The minimum Gasteiger partial charge on any atom is -0.344 e. The summed E-state index contributed by atoms with van der Waals surface area (Å²) in [5.41, 5.74) is 6.98. The van der Waals surface area contributed by atoms with E-state index in [4.69, 9.17) is 5.73 Å². The number of amides is 1. The third-order valence-corrected chi connectivity index (χ3v) is 2.78. The van der Waals surface area contributed by atoms with E-state index >= 15 is 0 Å². The summed E-state index contributed by atoms with van der Waals surface area (Å²) in [5, 5.41) is 0. The van der Waals surface area contributed by atoms with Crippen molar-refractivity contribution >= 4 is 5.91 Å². The average Bonchev–Trinajstić information content (AvgIpc) is 2.36. The van der Waals surface area contributed by atoms with Gasteiger partial charge in [0.25, 0.3) is 0 Å². The Morgan fingerprint density at radius 3 is 2.71 bits per heavy atom. The number of hydrogen-bond donors (Lipinski definition) is 1. The van der Waals surface area contributed by atoms with Crippen LogP contribution in [-0.2, 0) is 11.2 Å². The molecule has 0 aliphatic carbocycles. The van der Waals surface area contributed by atoms with Crippen LogP contribution in [0, 0.1) is 0 Å². The Kier molecular flexibility index (Phi) is 5.63. The maximum atomic E-state index is 11.8. The molecule has 0 aliphatic heterocycles. The van der Waals surface area contributed by atoms with Crippen LogP contribution in [0.4, 0.5) is 0 Å². The van der Waals surface area contributed by atoms with E-state index in [2.05, 4.69) is 4.98 Å². The van der Waals surface area contributed by atoms with Crippen molar-refractivity contribution in [2.75, 3.05) is 13.6 Å². The van der Waals surface area contributed by atoms with Gasteiger partial charge in [-0.3, -0.25) is 9.78 Å². The fraction of sp³-hybridized carbons (Fsp3) is 0.538. The molecule has 2 N–H and O–H groups in total. The van der Waals surface area contributed by atoms with Gasteiger partial charge < -0.3 is 10.6 Å². The molecular formula is C13H21N3O. The Hall–Kier alpha value is -1.42. The van der Waals surface area contributed by atoms with Crippen molar-refractivity contribution in [3.8, 4) is 0 Å². The number of carbonyl (C=O) groups excluding carboxylic acids is 1. The SMILES string of the molecule is CCC[C@@H](N)C(=O)N(C)CCc1ccncc1. The highest BCUT2D eigenvalue weighted by atomic mass is 16.2. The van der Waals surface area contributed by atoms with E-state index < -0.39 is 0 Å². The monoisotopic (exact) mass is 235 g/mol. The quantitative estimate of drug-likeness (QED) is 0.806. The molecule has 0 bridgehead atoms. The summed E-state index contributed by atoms with van der Waals surface area (Å²) in [4.78, 5) is 17.5. The van der Waals surface area contributed by atoms with Crippen molar-refractivity contribution in [1.29, 1.82) is 0 Å². The fourth-order valence-corrected chi connectivity index (χ4v) is 1.67. The zero-order valence-corrected chi connectivity index (χ0v) is 10.6. The van der Waals surface area contributed by atoms with E-state index in [-0.39, 0.29) is 11.9 Å². The molecule has 4 nitrogen and oxygen atoms in total. The zero-order valence-electron chi connectivity index (χ0n) is 10.6. The van der Waals surface area contributed by atoms with E-state index in [1.807, 2.05) is 19.1 Å². The van der Waals surface area contributed by atoms with Crippen LogP contribution >= 0.6 is 0 Å². The lowest BCUT2D eigenvalue weighted by Crippen LogP contribution is -2.42. The molecule has 0 radical (unpaired) electrons. The van der Waals surface area contributed by atoms with Gasteiger partial charge in [-0.05, 0) is 30.5 Å². The highest BCUT2D eigenvalue weighted by Crippen LogP contribution is 2.02. The van der Waals surface area contributed by atoms with Gasteiger partial charge in [0, 0.05) is 26.0 Å². The van der Waals surface area contributed by atoms with Crippen LogP contribution in [0.2, 0.25) is 0 Å². The highest BCUT2D eigenvalue weighted by Gasteiger charge is 2.16. The molecule has 94 valence electrons. The maximum absolute atomic E-state index is 11.8. The Bertz CT molecular complexity index is 340. The van der Waals surface area contributed by atoms with Crippen LogP contribution in [0.5, 0.6) is 0 Å². The predicted molar refractivity (Wildman–Crippen MR) is 68.5 cm³/mol. The molecule has 0 aromatic carbocycles. The van der Waals surface area contributed by atoms with Gasteiger partial charge in [-0.1, -0.05) is 13.3 Å². The summed E-state index contributed by atoms with van der Waals surface area (Å²) in [6, 6.07) is 3.57. The van der Waals surface area contributed by atoms with E-state index in [0.29, 0.717) is 6.54 Å². The van der Waals surface area contributed by atoms with Gasteiger partial charge >= 0.3 is 0 Å². The number of hydrogen-bond acceptors (Lipinski definition) is 3. The first-order valence-corrected chi connectivity index (χ1v) is 6.04. The number of pyridine rings is 1. The molecule has 0 fully saturated rings. The molecule has 0 saturated heterocycles. The Balaban J connectivity index is 2.39. The summed E-state index contributed by atoms with van der Waals surface area (Å²) in [7, 11) is 1.80. The molecule has 0 saturated carbocycles. The molecular weight excluding hydrogens is 214 g/mol. The van der Waals surface area contributed by atoms with Crippen molar-refractivity contribution in [2.24, 2.45) is 5.73 Å². The third-order valence-electron chi connectivity index (χ3n) is 2.78. The second-order valence-electron chi connectivity index (χ2n) is 4.26. The molecule has 0 aliphatic rings. The van der Waals surface area contributed by atoms with E-state index in [1.165, 1.54) is 5.56 Å². The second kappa shape index (κ2) is 7.01. The first kappa shape index (κ1) is 13.6. The van der Waals surface area contributed by atoms with E-state index in [9.17, 15) is 4.79 Å². The molecule has 0 unspecified atom stereocenters. The fourth-order valence-electron chi connectivity index (χ4n) is 1.67. The van der Waals surface area contributed by atoms with Gasteiger partial charge in [-0.25, -0.2) is 0 Å². The van der Waals surface area contributed by atoms with Crippen LogP contribution in [-0.4, -0.2) is 35.4 Å². The predicted octanol–water partition coefficient (Wildman–Crippen LogP) is 1.21. The summed E-state index contributed by atoms with van der Waals surface area (Å²) < 4.78 is 0. The summed E-state index contributed by atoms with van der Waals surface area (Å²) in [6.45, 7) is 2.73. The first-order valence-electron chi connectivity index (χ1n) is 6.04. The van der Waals surface area contributed by atoms with Crippen molar-refractivity contribution in [2.45, 2.75) is 32.2 Å². The highest BCUT2D eigenvalue weighted by molar-refractivity contribution is 5.81. The first-order chi connectivity index (χ1) is 8.15.